The third-order valence-electron chi connectivity index (χ3n) is 2.91. The van der Waals surface area contributed by atoms with Crippen LogP contribution in [-0.2, 0) is 0 Å². The van der Waals surface area contributed by atoms with Crippen molar-refractivity contribution in [3.05, 3.63) is 0 Å². The zero-order valence-corrected chi connectivity index (χ0v) is 11.2. The van der Waals surface area contributed by atoms with Gasteiger partial charge in [-0.25, -0.2) is 0 Å². The number of rotatable bonds is 11. The first kappa shape index (κ1) is 15.4. The molecule has 0 amide bonds. The van der Waals surface area contributed by atoms with Crippen molar-refractivity contribution in [3.63, 3.8) is 0 Å². The molecule has 0 spiro atoms. The first-order valence-corrected chi connectivity index (χ1v) is 6.94. The van der Waals surface area contributed by atoms with Crippen LogP contribution in [0.1, 0.15) is 65.2 Å². The molecule has 0 fully saturated rings. The van der Waals surface area contributed by atoms with E-state index in [1.807, 2.05) is 0 Å². The Kier molecular flexibility index (Phi) is 12.1. The maximum atomic E-state index is 8.67. The number of nitrogens with zero attached hydrogens (tertiary/aromatic N) is 2. The third-order valence-corrected chi connectivity index (χ3v) is 2.91. The monoisotopic (exact) mass is 224 g/mol. The van der Waals surface area contributed by atoms with Crippen LogP contribution in [-0.4, -0.2) is 24.5 Å². The molecule has 2 nitrogen and oxygen atoms in total. The van der Waals surface area contributed by atoms with Gasteiger partial charge >= 0.3 is 0 Å². The average molecular weight is 224 g/mol. The SMILES string of the molecule is CCCCCCCCCN(CC#N)CCC. The Bertz CT molecular complexity index is 172. The van der Waals surface area contributed by atoms with Crippen molar-refractivity contribution in [3.8, 4) is 6.07 Å². The van der Waals surface area contributed by atoms with Gasteiger partial charge in [0, 0.05) is 0 Å². The van der Waals surface area contributed by atoms with Gasteiger partial charge in [0.15, 0.2) is 0 Å². The summed E-state index contributed by atoms with van der Waals surface area (Å²) in [6.45, 7) is 7.21. The molecule has 0 radical (unpaired) electrons. The highest BCUT2D eigenvalue weighted by Crippen LogP contribution is 2.07. The molecule has 0 heterocycles. The topological polar surface area (TPSA) is 27.0 Å². The van der Waals surface area contributed by atoms with Gasteiger partial charge in [-0.15, -0.1) is 0 Å². The summed E-state index contributed by atoms with van der Waals surface area (Å²) in [5, 5.41) is 8.67. The van der Waals surface area contributed by atoms with Crippen molar-refractivity contribution in [1.29, 1.82) is 5.26 Å². The van der Waals surface area contributed by atoms with E-state index in [1.165, 1.54) is 44.9 Å². The van der Waals surface area contributed by atoms with Crippen LogP contribution >= 0.6 is 0 Å². The minimum atomic E-state index is 0.601. The summed E-state index contributed by atoms with van der Waals surface area (Å²) in [4.78, 5) is 2.27. The summed E-state index contributed by atoms with van der Waals surface area (Å²) >= 11 is 0. The standard InChI is InChI=1S/C14H28N2/c1-3-5-6-7-8-9-10-13-16(12-4-2)14-11-15/h3-10,12-14H2,1-2H3. The van der Waals surface area contributed by atoms with Gasteiger partial charge in [0.2, 0.25) is 0 Å². The highest BCUT2D eigenvalue weighted by molar-refractivity contribution is 4.75. The molecule has 0 saturated carbocycles. The van der Waals surface area contributed by atoms with Crippen LogP contribution in [0.15, 0.2) is 0 Å². The van der Waals surface area contributed by atoms with E-state index in [2.05, 4.69) is 24.8 Å². The molecule has 0 aromatic rings. The van der Waals surface area contributed by atoms with Gasteiger partial charge in [0.05, 0.1) is 12.6 Å². The lowest BCUT2D eigenvalue weighted by Crippen LogP contribution is -2.26. The fraction of sp³-hybridized carbons (Fsp3) is 0.929. The lowest BCUT2D eigenvalue weighted by Gasteiger charge is -2.17. The first-order valence-electron chi connectivity index (χ1n) is 6.94. The highest BCUT2D eigenvalue weighted by Gasteiger charge is 2.01. The summed E-state index contributed by atoms with van der Waals surface area (Å²) in [5.74, 6) is 0. The normalized spacial score (nSPS) is 10.6. The van der Waals surface area contributed by atoms with Crippen LogP contribution in [0.3, 0.4) is 0 Å². The molecule has 16 heavy (non-hydrogen) atoms. The van der Waals surface area contributed by atoms with Gasteiger partial charge < -0.3 is 0 Å². The summed E-state index contributed by atoms with van der Waals surface area (Å²) in [5.41, 5.74) is 0. The second-order valence-corrected chi connectivity index (χ2v) is 4.56. The minimum absolute atomic E-state index is 0.601. The Labute approximate surface area is 102 Å². The molecule has 94 valence electrons. The molecule has 0 aromatic carbocycles. The van der Waals surface area contributed by atoms with Crippen LogP contribution < -0.4 is 0 Å². The smallest absolute Gasteiger partial charge is 0.0865 e. The van der Waals surface area contributed by atoms with E-state index >= 15 is 0 Å². The Morgan fingerprint density at radius 2 is 1.44 bits per heavy atom. The van der Waals surface area contributed by atoms with Crippen molar-refractivity contribution >= 4 is 0 Å². The maximum absolute atomic E-state index is 8.67. The number of hydrogen-bond acceptors (Lipinski definition) is 2. The zero-order chi connectivity index (χ0) is 12.1. The van der Waals surface area contributed by atoms with Crippen molar-refractivity contribution in [2.75, 3.05) is 19.6 Å². The molecule has 0 saturated heterocycles. The molecular weight excluding hydrogens is 196 g/mol. The van der Waals surface area contributed by atoms with E-state index in [0.717, 1.165) is 19.5 Å². The zero-order valence-electron chi connectivity index (χ0n) is 11.2. The molecule has 0 N–H and O–H groups in total. The Balaban J connectivity index is 3.30. The molecular formula is C14H28N2. The highest BCUT2D eigenvalue weighted by atomic mass is 15.1. The molecule has 0 bridgehead atoms. The number of nitriles is 1. The third kappa shape index (κ3) is 9.98. The molecule has 0 aliphatic heterocycles. The van der Waals surface area contributed by atoms with Gasteiger partial charge in [-0.3, -0.25) is 4.90 Å². The molecule has 0 atom stereocenters. The predicted molar refractivity (Wildman–Crippen MR) is 70.3 cm³/mol. The Hall–Kier alpha value is -0.550. The second kappa shape index (κ2) is 12.5. The van der Waals surface area contributed by atoms with Gasteiger partial charge in [0.1, 0.15) is 0 Å². The lowest BCUT2D eigenvalue weighted by molar-refractivity contribution is 0.297. The van der Waals surface area contributed by atoms with E-state index in [4.69, 9.17) is 5.26 Å². The summed E-state index contributed by atoms with van der Waals surface area (Å²) in [6, 6.07) is 2.25. The minimum Gasteiger partial charge on any atom is -0.291 e. The molecule has 2 heteroatoms. The fourth-order valence-electron chi connectivity index (χ4n) is 1.98. The van der Waals surface area contributed by atoms with Crippen LogP contribution in [0.5, 0.6) is 0 Å². The largest absolute Gasteiger partial charge is 0.291 e. The molecule has 0 aromatic heterocycles. The molecule has 0 unspecified atom stereocenters. The van der Waals surface area contributed by atoms with Crippen molar-refractivity contribution in [1.82, 2.24) is 4.90 Å². The van der Waals surface area contributed by atoms with Crippen LogP contribution in [0, 0.1) is 11.3 Å². The average Bonchev–Trinajstić information content (AvgIpc) is 2.28. The predicted octanol–water partition coefficient (Wildman–Crippen LogP) is 3.97. The van der Waals surface area contributed by atoms with Crippen LogP contribution in [0.4, 0.5) is 0 Å². The fourth-order valence-corrected chi connectivity index (χ4v) is 1.98. The van der Waals surface area contributed by atoms with Gasteiger partial charge in [-0.1, -0.05) is 52.4 Å². The number of hydrogen-bond donors (Lipinski definition) is 0. The molecule has 0 aliphatic carbocycles. The van der Waals surface area contributed by atoms with Crippen LogP contribution in [0.25, 0.3) is 0 Å². The van der Waals surface area contributed by atoms with Gasteiger partial charge in [-0.05, 0) is 25.9 Å². The Morgan fingerprint density at radius 3 is 2.00 bits per heavy atom. The number of unbranched alkanes of at least 4 members (excludes halogenated alkanes) is 6. The maximum Gasteiger partial charge on any atom is 0.0865 e. The molecule has 0 aliphatic rings. The van der Waals surface area contributed by atoms with E-state index < -0.39 is 0 Å². The quantitative estimate of drug-likeness (QED) is 0.392. The van der Waals surface area contributed by atoms with Gasteiger partial charge in [0.25, 0.3) is 0 Å². The lowest BCUT2D eigenvalue weighted by atomic mass is 10.1. The first-order chi connectivity index (χ1) is 7.85. The van der Waals surface area contributed by atoms with Crippen LogP contribution in [0.2, 0.25) is 0 Å². The van der Waals surface area contributed by atoms with E-state index in [0.29, 0.717) is 6.54 Å². The van der Waals surface area contributed by atoms with E-state index in [-0.39, 0.29) is 0 Å². The summed E-state index contributed by atoms with van der Waals surface area (Å²) in [6.07, 6.45) is 10.6. The van der Waals surface area contributed by atoms with E-state index in [9.17, 15) is 0 Å². The van der Waals surface area contributed by atoms with Crippen molar-refractivity contribution in [2.45, 2.75) is 65.2 Å². The summed E-state index contributed by atoms with van der Waals surface area (Å²) in [7, 11) is 0. The van der Waals surface area contributed by atoms with Crippen molar-refractivity contribution < 1.29 is 0 Å². The summed E-state index contributed by atoms with van der Waals surface area (Å²) < 4.78 is 0. The van der Waals surface area contributed by atoms with E-state index in [1.54, 1.807) is 0 Å². The Morgan fingerprint density at radius 1 is 0.812 bits per heavy atom. The molecule has 0 rings (SSSR count). The second-order valence-electron chi connectivity index (χ2n) is 4.56. The van der Waals surface area contributed by atoms with Gasteiger partial charge in [-0.2, -0.15) is 5.26 Å². The van der Waals surface area contributed by atoms with Crippen molar-refractivity contribution in [2.24, 2.45) is 0 Å².